The minimum Gasteiger partial charge on any atom is -0.496 e. The van der Waals surface area contributed by atoms with Crippen molar-refractivity contribution in [2.75, 3.05) is 7.11 Å². The molecular weight excluding hydrogens is 318 g/mol. The van der Waals surface area contributed by atoms with E-state index in [1.165, 1.54) is 6.20 Å². The second-order valence-corrected chi connectivity index (χ2v) is 5.59. The topological polar surface area (TPSA) is 81.9 Å². The van der Waals surface area contributed by atoms with Gasteiger partial charge in [-0.3, -0.25) is 9.78 Å². The smallest absolute Gasteiger partial charge is 0.272 e. The Morgan fingerprint density at radius 1 is 1.20 bits per heavy atom. The van der Waals surface area contributed by atoms with Gasteiger partial charge < -0.3 is 14.6 Å². The monoisotopic (exact) mass is 337 g/mol. The first-order chi connectivity index (χ1) is 12.1. The molecule has 0 saturated carbocycles. The lowest BCUT2D eigenvalue weighted by Crippen LogP contribution is -2.32. The summed E-state index contributed by atoms with van der Waals surface area (Å²) in [4.78, 5) is 25.3. The number of benzene rings is 1. The molecule has 7 heteroatoms. The van der Waals surface area contributed by atoms with Gasteiger partial charge in [0, 0.05) is 31.2 Å². The average molecular weight is 337 g/mol. The second kappa shape index (κ2) is 7.12. The normalized spacial score (nSPS) is 11.8. The van der Waals surface area contributed by atoms with Gasteiger partial charge in [0.1, 0.15) is 23.3 Å². The van der Waals surface area contributed by atoms with Crippen LogP contribution in [0.2, 0.25) is 0 Å². The van der Waals surface area contributed by atoms with E-state index in [2.05, 4.69) is 20.3 Å². The highest BCUT2D eigenvalue weighted by atomic mass is 16.5. The van der Waals surface area contributed by atoms with Crippen LogP contribution in [-0.4, -0.2) is 32.5 Å². The Morgan fingerprint density at radius 2 is 2.00 bits per heavy atom. The molecule has 0 saturated heterocycles. The van der Waals surface area contributed by atoms with Gasteiger partial charge >= 0.3 is 0 Å². The molecule has 0 bridgehead atoms. The SMILES string of the molecule is COc1ccccc1C(NC(=O)c1cnc(C)cn1)c1nccn1C. The maximum Gasteiger partial charge on any atom is 0.272 e. The molecule has 128 valence electrons. The zero-order valence-electron chi connectivity index (χ0n) is 14.3. The number of methoxy groups -OCH3 is 1. The molecule has 1 amide bonds. The van der Waals surface area contributed by atoms with Gasteiger partial charge in [-0.25, -0.2) is 9.97 Å². The number of ether oxygens (including phenoxy) is 1. The highest BCUT2D eigenvalue weighted by molar-refractivity contribution is 5.92. The highest BCUT2D eigenvalue weighted by Gasteiger charge is 2.24. The van der Waals surface area contributed by atoms with Gasteiger partial charge in [-0.05, 0) is 13.0 Å². The molecule has 0 spiro atoms. The fourth-order valence-corrected chi connectivity index (χ4v) is 2.56. The molecule has 0 radical (unpaired) electrons. The van der Waals surface area contributed by atoms with Crippen LogP contribution >= 0.6 is 0 Å². The predicted molar refractivity (Wildman–Crippen MR) is 92.3 cm³/mol. The van der Waals surface area contributed by atoms with Crippen molar-refractivity contribution in [1.29, 1.82) is 0 Å². The zero-order chi connectivity index (χ0) is 17.8. The number of amides is 1. The van der Waals surface area contributed by atoms with E-state index in [0.717, 1.165) is 11.3 Å². The van der Waals surface area contributed by atoms with Crippen molar-refractivity contribution < 1.29 is 9.53 Å². The van der Waals surface area contributed by atoms with Gasteiger partial charge in [0.2, 0.25) is 0 Å². The second-order valence-electron chi connectivity index (χ2n) is 5.59. The summed E-state index contributed by atoms with van der Waals surface area (Å²) in [5.74, 6) is 1.04. The van der Waals surface area contributed by atoms with Crippen LogP contribution in [0.25, 0.3) is 0 Å². The van der Waals surface area contributed by atoms with E-state index >= 15 is 0 Å². The molecule has 1 atom stereocenters. The standard InChI is InChI=1S/C18H19N5O2/c1-12-10-21-14(11-20-12)18(24)22-16(17-19-8-9-23(17)2)13-6-4-5-7-15(13)25-3/h4-11,16H,1-3H3,(H,22,24). The molecule has 0 aliphatic heterocycles. The van der Waals surface area contributed by atoms with Crippen LogP contribution in [0, 0.1) is 6.92 Å². The third-order valence-electron chi connectivity index (χ3n) is 3.86. The number of rotatable bonds is 5. The highest BCUT2D eigenvalue weighted by Crippen LogP contribution is 2.29. The first-order valence-electron chi connectivity index (χ1n) is 7.79. The van der Waals surface area contributed by atoms with Crippen molar-refractivity contribution >= 4 is 5.91 Å². The largest absolute Gasteiger partial charge is 0.496 e. The van der Waals surface area contributed by atoms with Crippen LogP contribution in [0.4, 0.5) is 0 Å². The van der Waals surface area contributed by atoms with Crippen LogP contribution < -0.4 is 10.1 Å². The summed E-state index contributed by atoms with van der Waals surface area (Å²) in [7, 11) is 3.48. The van der Waals surface area contributed by atoms with E-state index in [0.29, 0.717) is 11.6 Å². The van der Waals surface area contributed by atoms with E-state index in [1.807, 2.05) is 49.0 Å². The van der Waals surface area contributed by atoms with Gasteiger partial charge in [-0.2, -0.15) is 0 Å². The number of nitrogens with one attached hydrogen (secondary N) is 1. The van der Waals surface area contributed by atoms with Crippen LogP contribution in [0.5, 0.6) is 5.75 Å². The van der Waals surface area contributed by atoms with Gasteiger partial charge in [0.05, 0.1) is 19.0 Å². The Balaban J connectivity index is 1.99. The summed E-state index contributed by atoms with van der Waals surface area (Å²) >= 11 is 0. The van der Waals surface area contributed by atoms with Crippen molar-refractivity contribution in [3.8, 4) is 5.75 Å². The average Bonchev–Trinajstić information content (AvgIpc) is 3.06. The number of hydrogen-bond donors (Lipinski definition) is 1. The fourth-order valence-electron chi connectivity index (χ4n) is 2.56. The predicted octanol–water partition coefficient (Wildman–Crippen LogP) is 2.05. The number of aromatic nitrogens is 4. The van der Waals surface area contributed by atoms with Crippen LogP contribution in [0.1, 0.15) is 33.6 Å². The number of hydrogen-bond acceptors (Lipinski definition) is 5. The lowest BCUT2D eigenvalue weighted by atomic mass is 10.0. The van der Waals surface area contributed by atoms with Crippen molar-refractivity contribution in [3.05, 3.63) is 71.8 Å². The third-order valence-corrected chi connectivity index (χ3v) is 3.86. The maximum absolute atomic E-state index is 12.7. The molecular formula is C18H19N5O2. The van der Waals surface area contributed by atoms with Gasteiger partial charge in [-0.15, -0.1) is 0 Å². The molecule has 2 heterocycles. The van der Waals surface area contributed by atoms with E-state index in [1.54, 1.807) is 19.5 Å². The van der Waals surface area contributed by atoms with Crippen molar-refractivity contribution in [1.82, 2.24) is 24.8 Å². The first-order valence-corrected chi connectivity index (χ1v) is 7.79. The summed E-state index contributed by atoms with van der Waals surface area (Å²) in [5.41, 5.74) is 1.81. The number of carbonyl (C=O) groups is 1. The molecule has 0 fully saturated rings. The van der Waals surface area contributed by atoms with Gasteiger partial charge in [0.25, 0.3) is 5.91 Å². The third kappa shape index (κ3) is 3.50. The number of imidazole rings is 1. The van der Waals surface area contributed by atoms with E-state index < -0.39 is 6.04 Å². The summed E-state index contributed by atoms with van der Waals surface area (Å²) in [6, 6.07) is 7.05. The Morgan fingerprint density at radius 3 is 2.64 bits per heavy atom. The van der Waals surface area contributed by atoms with Crippen LogP contribution in [-0.2, 0) is 7.05 Å². The molecule has 3 rings (SSSR count). The summed E-state index contributed by atoms with van der Waals surface area (Å²) in [5, 5.41) is 2.98. The van der Waals surface area contributed by atoms with E-state index in [-0.39, 0.29) is 11.6 Å². The lowest BCUT2D eigenvalue weighted by molar-refractivity contribution is 0.0935. The van der Waals surface area contributed by atoms with Crippen LogP contribution in [0.3, 0.4) is 0 Å². The number of para-hydroxylation sites is 1. The van der Waals surface area contributed by atoms with Gasteiger partial charge in [0.15, 0.2) is 0 Å². The molecule has 3 aromatic rings. The van der Waals surface area contributed by atoms with Crippen molar-refractivity contribution in [2.24, 2.45) is 7.05 Å². The molecule has 1 N–H and O–H groups in total. The number of nitrogens with zero attached hydrogens (tertiary/aromatic N) is 4. The number of aryl methyl sites for hydroxylation is 2. The molecule has 7 nitrogen and oxygen atoms in total. The molecule has 2 aromatic heterocycles. The molecule has 1 unspecified atom stereocenters. The Kier molecular flexibility index (Phi) is 4.74. The maximum atomic E-state index is 12.7. The Hall–Kier alpha value is -3.22. The molecule has 1 aromatic carbocycles. The summed E-state index contributed by atoms with van der Waals surface area (Å²) in [6.45, 7) is 1.82. The molecule has 0 aliphatic rings. The van der Waals surface area contributed by atoms with Crippen LogP contribution in [0.15, 0.2) is 49.1 Å². The number of carbonyl (C=O) groups excluding carboxylic acids is 1. The van der Waals surface area contributed by atoms with Crippen molar-refractivity contribution in [2.45, 2.75) is 13.0 Å². The Labute approximate surface area is 145 Å². The van der Waals surface area contributed by atoms with Gasteiger partial charge in [-0.1, -0.05) is 18.2 Å². The quantitative estimate of drug-likeness (QED) is 0.770. The van der Waals surface area contributed by atoms with E-state index in [4.69, 9.17) is 4.74 Å². The lowest BCUT2D eigenvalue weighted by Gasteiger charge is -2.21. The summed E-state index contributed by atoms with van der Waals surface area (Å²) < 4.78 is 7.31. The first kappa shape index (κ1) is 16.6. The Bertz CT molecular complexity index is 873. The molecule has 0 aliphatic carbocycles. The molecule has 25 heavy (non-hydrogen) atoms. The minimum atomic E-state index is -0.480. The zero-order valence-corrected chi connectivity index (χ0v) is 14.3. The fraction of sp³-hybridized carbons (Fsp3) is 0.222. The summed E-state index contributed by atoms with van der Waals surface area (Å²) in [6.07, 6.45) is 6.54. The van der Waals surface area contributed by atoms with E-state index in [9.17, 15) is 4.79 Å². The minimum absolute atomic E-state index is 0.250. The van der Waals surface area contributed by atoms with Crippen molar-refractivity contribution in [3.63, 3.8) is 0 Å².